The van der Waals surface area contributed by atoms with Gasteiger partial charge in [0.1, 0.15) is 0 Å². The van der Waals surface area contributed by atoms with Gasteiger partial charge in [-0.05, 0) is 5.41 Å². The summed E-state index contributed by atoms with van der Waals surface area (Å²) >= 11 is 0. The van der Waals surface area contributed by atoms with Crippen molar-refractivity contribution in [3.63, 3.8) is 0 Å². The Bertz CT molecular complexity index is 1120. The quantitative estimate of drug-likeness (QED) is 0.624. The van der Waals surface area contributed by atoms with Crippen molar-refractivity contribution in [3.05, 3.63) is 71.6 Å². The zero-order valence-electron chi connectivity index (χ0n) is 22.5. The van der Waals surface area contributed by atoms with Crippen molar-refractivity contribution in [2.24, 2.45) is 15.4 Å². The molecule has 1 N–H and O–H groups in total. The first-order valence-corrected chi connectivity index (χ1v) is 6.47. The molecule has 0 heterocycles. The normalized spacial score (nSPS) is 19.0. The van der Waals surface area contributed by atoms with Gasteiger partial charge >= 0.3 is 0 Å². The SMILES string of the molecule is [2H]c1c([2H])c([2H])c(C(=N)N=C(N=CC(C)(C)C)c2c([2H])c([2H])c([2H])c([2H])c2[2H])c([2H])c1[2H]. The summed E-state index contributed by atoms with van der Waals surface area (Å²) in [4.78, 5) is 8.10. The number of amidine groups is 2. The molecule has 2 rings (SSSR count). The third kappa shape index (κ3) is 4.77. The molecule has 0 aliphatic heterocycles. The fourth-order valence-corrected chi connectivity index (χ4v) is 1.30. The van der Waals surface area contributed by atoms with Crippen LogP contribution in [-0.2, 0) is 0 Å². The molecule has 0 aliphatic carbocycles. The second kappa shape index (κ2) is 6.94. The van der Waals surface area contributed by atoms with Crippen LogP contribution in [0.2, 0.25) is 0 Å². The minimum Gasteiger partial charge on any atom is -0.282 e. The van der Waals surface area contributed by atoms with Crippen LogP contribution >= 0.6 is 0 Å². The highest BCUT2D eigenvalue weighted by atomic mass is 14.9. The first kappa shape index (κ1) is 7.14. The summed E-state index contributed by atoms with van der Waals surface area (Å²) in [6.45, 7) is 5.41. The highest BCUT2D eigenvalue weighted by molar-refractivity contribution is 6.12. The molecule has 0 saturated heterocycles. The minimum absolute atomic E-state index is 0.367. The van der Waals surface area contributed by atoms with E-state index in [4.69, 9.17) is 19.1 Å². The topological polar surface area (TPSA) is 48.6 Å². The Morgan fingerprint density at radius 2 is 1.45 bits per heavy atom. The zero-order chi connectivity index (χ0) is 24.7. The van der Waals surface area contributed by atoms with Crippen LogP contribution in [0.25, 0.3) is 0 Å². The maximum Gasteiger partial charge on any atom is 0.161 e. The van der Waals surface area contributed by atoms with Crippen LogP contribution in [0.4, 0.5) is 0 Å². The van der Waals surface area contributed by atoms with Crippen molar-refractivity contribution in [1.29, 1.82) is 5.41 Å². The van der Waals surface area contributed by atoms with Gasteiger partial charge in [-0.1, -0.05) is 81.2 Å². The average molecular weight is 301 g/mol. The molecule has 0 aromatic heterocycles. The van der Waals surface area contributed by atoms with E-state index in [0.717, 1.165) is 0 Å². The lowest BCUT2D eigenvalue weighted by Crippen LogP contribution is -2.10. The number of aliphatic imine (C=N–C) groups is 2. The number of rotatable bonds is 2. The Morgan fingerprint density at radius 1 is 0.955 bits per heavy atom. The Kier molecular flexibility index (Phi) is 2.25. The largest absolute Gasteiger partial charge is 0.282 e. The van der Waals surface area contributed by atoms with Gasteiger partial charge in [-0.15, -0.1) is 0 Å². The molecule has 0 bridgehead atoms. The monoisotopic (exact) mass is 301 g/mol. The molecule has 3 heteroatoms. The summed E-state index contributed by atoms with van der Waals surface area (Å²) in [5.41, 5.74) is -1.35. The van der Waals surface area contributed by atoms with E-state index in [9.17, 15) is 0 Å². The molecule has 2 aromatic carbocycles. The van der Waals surface area contributed by atoms with E-state index in [2.05, 4.69) is 9.98 Å². The lowest BCUT2D eigenvalue weighted by molar-refractivity contribution is 0.607. The standard InChI is InChI=1S/C19H21N3/c1-19(2,3)14-21-18(16-12-8-5-9-13-16)22-17(20)15-10-6-4-7-11-15/h4-14,20H,1-3H3/i4D,5D,6D,7D,8D,9D,10D,11D,12D,13D. The second-order valence-corrected chi connectivity index (χ2v) is 5.41. The van der Waals surface area contributed by atoms with Crippen LogP contribution in [0.3, 0.4) is 0 Å². The molecule has 112 valence electrons. The van der Waals surface area contributed by atoms with Crippen molar-refractivity contribution in [2.45, 2.75) is 20.8 Å². The summed E-state index contributed by atoms with van der Waals surface area (Å²) in [5, 5.41) is 8.30. The molecule has 0 saturated carbocycles. The van der Waals surface area contributed by atoms with Gasteiger partial charge in [0.15, 0.2) is 11.7 Å². The first-order valence-electron chi connectivity index (χ1n) is 11.5. The Morgan fingerprint density at radius 3 is 1.95 bits per heavy atom. The van der Waals surface area contributed by atoms with Gasteiger partial charge in [-0.3, -0.25) is 5.41 Å². The third-order valence-electron chi connectivity index (χ3n) is 2.25. The number of hydrogen-bond donors (Lipinski definition) is 1. The van der Waals surface area contributed by atoms with Crippen molar-refractivity contribution < 1.29 is 13.7 Å². The Labute approximate surface area is 146 Å². The predicted octanol–water partition coefficient (Wildman–Crippen LogP) is 4.58. The van der Waals surface area contributed by atoms with E-state index in [1.54, 1.807) is 20.8 Å². The van der Waals surface area contributed by atoms with Crippen molar-refractivity contribution in [1.82, 2.24) is 0 Å². The van der Waals surface area contributed by atoms with E-state index in [-0.39, 0.29) is 5.56 Å². The van der Waals surface area contributed by atoms with Crippen molar-refractivity contribution in [2.75, 3.05) is 0 Å². The molecule has 3 nitrogen and oxygen atoms in total. The summed E-state index contributed by atoms with van der Waals surface area (Å²) < 4.78 is 79.1. The van der Waals surface area contributed by atoms with E-state index in [0.29, 0.717) is 0 Å². The van der Waals surface area contributed by atoms with Crippen LogP contribution in [0, 0.1) is 10.8 Å². The van der Waals surface area contributed by atoms with Crippen LogP contribution < -0.4 is 0 Å². The van der Waals surface area contributed by atoms with Crippen molar-refractivity contribution in [3.8, 4) is 0 Å². The summed E-state index contributed by atoms with van der Waals surface area (Å²) in [6, 6.07) is -6.24. The average Bonchev–Trinajstić information content (AvgIpc) is 2.71. The highest BCUT2D eigenvalue weighted by Gasteiger charge is 2.09. The van der Waals surface area contributed by atoms with E-state index >= 15 is 0 Å². The molecule has 0 aliphatic rings. The van der Waals surface area contributed by atoms with Gasteiger partial charge in [0.25, 0.3) is 0 Å². The number of hydrogen-bond acceptors (Lipinski definition) is 1. The molecule has 22 heavy (non-hydrogen) atoms. The van der Waals surface area contributed by atoms with Crippen LogP contribution in [0.1, 0.15) is 45.6 Å². The van der Waals surface area contributed by atoms with Gasteiger partial charge in [0.05, 0.1) is 13.7 Å². The molecule has 2 aromatic rings. The molecular formula is C19H21N3. The van der Waals surface area contributed by atoms with E-state index in [1.807, 2.05) is 0 Å². The molecule has 0 unspecified atom stereocenters. The van der Waals surface area contributed by atoms with E-state index < -0.39 is 83.1 Å². The fourth-order valence-electron chi connectivity index (χ4n) is 1.30. The number of benzene rings is 2. The second-order valence-electron chi connectivity index (χ2n) is 5.41. The maximum absolute atomic E-state index is 8.30. The maximum atomic E-state index is 8.30. The van der Waals surface area contributed by atoms with Crippen LogP contribution in [0.5, 0.6) is 0 Å². The molecule has 0 atom stereocenters. The molecule has 0 amide bonds. The molecule has 0 spiro atoms. The first-order chi connectivity index (χ1) is 14.6. The Hall–Kier alpha value is -2.55. The van der Waals surface area contributed by atoms with Crippen LogP contribution in [0.15, 0.2) is 70.4 Å². The van der Waals surface area contributed by atoms with Gasteiger partial charge in [0.2, 0.25) is 0 Å². The van der Waals surface area contributed by atoms with Gasteiger partial charge in [-0.25, -0.2) is 9.98 Å². The number of nitrogens with zero attached hydrogens (tertiary/aromatic N) is 2. The lowest BCUT2D eigenvalue weighted by Gasteiger charge is -2.11. The van der Waals surface area contributed by atoms with Gasteiger partial charge < -0.3 is 0 Å². The third-order valence-corrected chi connectivity index (χ3v) is 2.25. The summed E-state index contributed by atoms with van der Waals surface area (Å²) in [6.07, 6.45) is 1.42. The summed E-state index contributed by atoms with van der Waals surface area (Å²) in [5.74, 6) is -1.16. The smallest absolute Gasteiger partial charge is 0.161 e. The molecule has 0 fully saturated rings. The molecular weight excluding hydrogens is 270 g/mol. The highest BCUT2D eigenvalue weighted by Crippen LogP contribution is 2.11. The predicted molar refractivity (Wildman–Crippen MR) is 94.2 cm³/mol. The molecule has 0 radical (unpaired) electrons. The summed E-state index contributed by atoms with van der Waals surface area (Å²) in [7, 11) is 0. The fraction of sp³-hybridized carbons (Fsp3) is 0.211. The van der Waals surface area contributed by atoms with Gasteiger partial charge in [-0.2, -0.15) is 0 Å². The zero-order valence-corrected chi connectivity index (χ0v) is 12.5. The lowest BCUT2D eigenvalue weighted by atomic mass is 9.99. The van der Waals surface area contributed by atoms with Gasteiger partial charge in [0, 0.05) is 17.3 Å². The van der Waals surface area contributed by atoms with Crippen molar-refractivity contribution >= 4 is 17.9 Å². The van der Waals surface area contributed by atoms with E-state index in [1.165, 1.54) is 6.21 Å². The minimum atomic E-state index is -0.755. The number of nitrogens with one attached hydrogen (secondary N) is 1. The van der Waals surface area contributed by atoms with Crippen LogP contribution in [-0.4, -0.2) is 17.9 Å². The Balaban J connectivity index is 2.87.